The predicted molar refractivity (Wildman–Crippen MR) is 50.5 cm³/mol. The zero-order valence-corrected chi connectivity index (χ0v) is 8.19. The molecular formula is C7H5BrClNO2. The Morgan fingerprint density at radius 1 is 1.58 bits per heavy atom. The summed E-state index contributed by atoms with van der Waals surface area (Å²) in [4.78, 5) is 10.6. The number of aromatic carboxylic acids is 1. The van der Waals surface area contributed by atoms with Gasteiger partial charge in [0.1, 0.15) is 5.56 Å². The number of hydrogen-bond acceptors (Lipinski definition) is 2. The fourth-order valence-electron chi connectivity index (χ4n) is 0.819. The van der Waals surface area contributed by atoms with E-state index in [9.17, 15) is 4.79 Å². The lowest BCUT2D eigenvalue weighted by molar-refractivity contribution is 0.0698. The highest BCUT2D eigenvalue weighted by molar-refractivity contribution is 9.10. The summed E-state index contributed by atoms with van der Waals surface area (Å²) in [6, 6.07) is 2.98. The molecule has 3 nitrogen and oxygen atoms in total. The summed E-state index contributed by atoms with van der Waals surface area (Å²) in [5.74, 6) is -1.12. The molecular weight excluding hydrogens is 245 g/mol. The molecule has 0 saturated carbocycles. The molecule has 3 N–H and O–H groups in total. The average Bonchev–Trinajstić information content (AvgIpc) is 1.82. The molecule has 0 bridgehead atoms. The number of benzene rings is 1. The van der Waals surface area contributed by atoms with Crippen LogP contribution in [0.3, 0.4) is 0 Å². The molecule has 64 valence electrons. The van der Waals surface area contributed by atoms with Gasteiger partial charge in [-0.15, -0.1) is 0 Å². The fourth-order valence-corrected chi connectivity index (χ4v) is 1.73. The number of halogens is 2. The van der Waals surface area contributed by atoms with Crippen molar-refractivity contribution in [2.24, 2.45) is 0 Å². The molecule has 0 amide bonds. The van der Waals surface area contributed by atoms with Crippen LogP contribution in [0.1, 0.15) is 10.4 Å². The molecule has 0 radical (unpaired) electrons. The van der Waals surface area contributed by atoms with E-state index in [2.05, 4.69) is 15.9 Å². The van der Waals surface area contributed by atoms with Gasteiger partial charge in [0.15, 0.2) is 0 Å². The Labute approximate surface area is 82.3 Å². The maximum atomic E-state index is 10.6. The van der Waals surface area contributed by atoms with Crippen LogP contribution in [-0.4, -0.2) is 11.1 Å². The van der Waals surface area contributed by atoms with Crippen LogP contribution in [0.4, 0.5) is 5.69 Å². The van der Waals surface area contributed by atoms with Crippen LogP contribution in [0.5, 0.6) is 0 Å². The first-order valence-electron chi connectivity index (χ1n) is 3.00. The van der Waals surface area contributed by atoms with Gasteiger partial charge in [-0.1, -0.05) is 27.5 Å². The molecule has 12 heavy (non-hydrogen) atoms. The van der Waals surface area contributed by atoms with E-state index in [1.165, 1.54) is 12.1 Å². The fraction of sp³-hybridized carbons (Fsp3) is 0. The van der Waals surface area contributed by atoms with Crippen molar-refractivity contribution in [2.75, 3.05) is 5.73 Å². The SMILES string of the molecule is Nc1cc(Br)cc(Cl)c1C(=O)O. The maximum Gasteiger partial charge on any atom is 0.339 e. The van der Waals surface area contributed by atoms with Gasteiger partial charge in [-0.2, -0.15) is 0 Å². The van der Waals surface area contributed by atoms with Crippen LogP contribution in [-0.2, 0) is 0 Å². The Bertz CT molecular complexity index is 317. The second-order valence-corrected chi connectivity index (χ2v) is 3.48. The van der Waals surface area contributed by atoms with Crippen molar-refractivity contribution in [1.29, 1.82) is 0 Å². The Morgan fingerprint density at radius 2 is 2.17 bits per heavy atom. The molecule has 0 unspecified atom stereocenters. The van der Waals surface area contributed by atoms with Crippen molar-refractivity contribution >= 4 is 39.2 Å². The highest BCUT2D eigenvalue weighted by Crippen LogP contribution is 2.27. The third-order valence-electron chi connectivity index (χ3n) is 1.30. The first-order chi connectivity index (χ1) is 5.52. The summed E-state index contributed by atoms with van der Waals surface area (Å²) in [7, 11) is 0. The van der Waals surface area contributed by atoms with E-state index in [4.69, 9.17) is 22.4 Å². The Morgan fingerprint density at radius 3 is 2.58 bits per heavy atom. The van der Waals surface area contributed by atoms with E-state index in [1.54, 1.807) is 0 Å². The van der Waals surface area contributed by atoms with E-state index in [1.807, 2.05) is 0 Å². The number of anilines is 1. The van der Waals surface area contributed by atoms with Gasteiger partial charge >= 0.3 is 5.97 Å². The molecule has 5 heteroatoms. The van der Waals surface area contributed by atoms with Gasteiger partial charge in [0.05, 0.1) is 5.02 Å². The van der Waals surface area contributed by atoms with Crippen molar-refractivity contribution in [3.05, 3.63) is 27.2 Å². The lowest BCUT2D eigenvalue weighted by Crippen LogP contribution is -2.03. The summed E-state index contributed by atoms with van der Waals surface area (Å²) in [6.45, 7) is 0. The van der Waals surface area contributed by atoms with Crippen LogP contribution < -0.4 is 5.73 Å². The van der Waals surface area contributed by atoms with Crippen LogP contribution in [0, 0.1) is 0 Å². The Hall–Kier alpha value is -0.740. The van der Waals surface area contributed by atoms with E-state index in [0.29, 0.717) is 4.47 Å². The van der Waals surface area contributed by atoms with Crippen LogP contribution in [0.2, 0.25) is 5.02 Å². The van der Waals surface area contributed by atoms with Crippen molar-refractivity contribution < 1.29 is 9.90 Å². The molecule has 0 aromatic heterocycles. The zero-order chi connectivity index (χ0) is 9.30. The lowest BCUT2D eigenvalue weighted by Gasteiger charge is -2.03. The highest BCUT2D eigenvalue weighted by atomic mass is 79.9. The smallest absolute Gasteiger partial charge is 0.339 e. The minimum absolute atomic E-state index is 0.0557. The van der Waals surface area contributed by atoms with Gasteiger partial charge in [0.2, 0.25) is 0 Å². The number of nitrogen functional groups attached to an aromatic ring is 1. The summed E-state index contributed by atoms with van der Waals surface area (Å²) < 4.78 is 0.662. The van der Waals surface area contributed by atoms with Crippen molar-refractivity contribution in [3.63, 3.8) is 0 Å². The standard InChI is InChI=1S/C7H5BrClNO2/c8-3-1-4(9)6(7(11)12)5(10)2-3/h1-2H,10H2,(H,11,12). The van der Waals surface area contributed by atoms with Gasteiger partial charge in [-0.05, 0) is 12.1 Å². The van der Waals surface area contributed by atoms with Gasteiger partial charge in [-0.25, -0.2) is 4.79 Å². The van der Waals surface area contributed by atoms with Crippen LogP contribution in [0.25, 0.3) is 0 Å². The topological polar surface area (TPSA) is 63.3 Å². The second-order valence-electron chi connectivity index (χ2n) is 2.16. The zero-order valence-electron chi connectivity index (χ0n) is 5.84. The molecule has 0 spiro atoms. The minimum Gasteiger partial charge on any atom is -0.478 e. The highest BCUT2D eigenvalue weighted by Gasteiger charge is 2.12. The summed E-state index contributed by atoms with van der Waals surface area (Å²) >= 11 is 8.78. The van der Waals surface area contributed by atoms with Crippen LogP contribution >= 0.6 is 27.5 Å². The average molecular weight is 250 g/mol. The number of carbonyl (C=O) groups is 1. The molecule has 0 aliphatic heterocycles. The minimum atomic E-state index is -1.12. The molecule has 0 heterocycles. The number of nitrogens with two attached hydrogens (primary N) is 1. The molecule has 0 fully saturated rings. The van der Waals surface area contributed by atoms with E-state index >= 15 is 0 Å². The van der Waals surface area contributed by atoms with Gasteiger partial charge < -0.3 is 10.8 Å². The Kier molecular flexibility index (Phi) is 2.59. The maximum absolute atomic E-state index is 10.6. The van der Waals surface area contributed by atoms with Gasteiger partial charge in [0, 0.05) is 10.2 Å². The molecule has 0 aliphatic carbocycles. The van der Waals surface area contributed by atoms with Crippen molar-refractivity contribution in [2.45, 2.75) is 0 Å². The monoisotopic (exact) mass is 249 g/mol. The molecule has 0 atom stereocenters. The van der Waals surface area contributed by atoms with E-state index < -0.39 is 5.97 Å². The largest absolute Gasteiger partial charge is 0.478 e. The third kappa shape index (κ3) is 1.70. The van der Waals surface area contributed by atoms with Gasteiger partial charge in [0.25, 0.3) is 0 Å². The number of carboxylic acids is 1. The summed E-state index contributed by atoms with van der Waals surface area (Å²) in [6.07, 6.45) is 0. The van der Waals surface area contributed by atoms with Crippen molar-refractivity contribution in [3.8, 4) is 0 Å². The number of carboxylic acid groups (broad SMARTS) is 1. The molecule has 1 aromatic carbocycles. The Balaban J connectivity index is 3.38. The van der Waals surface area contributed by atoms with E-state index in [0.717, 1.165) is 0 Å². The summed E-state index contributed by atoms with van der Waals surface area (Å²) in [5, 5.41) is 8.79. The second kappa shape index (κ2) is 3.33. The van der Waals surface area contributed by atoms with Crippen LogP contribution in [0.15, 0.2) is 16.6 Å². The first-order valence-corrected chi connectivity index (χ1v) is 4.17. The van der Waals surface area contributed by atoms with E-state index in [-0.39, 0.29) is 16.3 Å². The predicted octanol–water partition coefficient (Wildman–Crippen LogP) is 2.38. The number of rotatable bonds is 1. The normalized spacial score (nSPS) is 9.83. The molecule has 0 saturated heterocycles. The molecule has 0 aliphatic rings. The lowest BCUT2D eigenvalue weighted by atomic mass is 10.2. The summed E-state index contributed by atoms with van der Waals surface area (Å²) in [5.41, 5.74) is 5.53. The molecule has 1 rings (SSSR count). The number of hydrogen-bond donors (Lipinski definition) is 2. The van der Waals surface area contributed by atoms with Crippen molar-refractivity contribution in [1.82, 2.24) is 0 Å². The quantitative estimate of drug-likeness (QED) is 0.752. The molecule has 1 aromatic rings. The first kappa shape index (κ1) is 9.35. The third-order valence-corrected chi connectivity index (χ3v) is 2.06. The van der Waals surface area contributed by atoms with Gasteiger partial charge in [-0.3, -0.25) is 0 Å².